The summed E-state index contributed by atoms with van der Waals surface area (Å²) in [5.41, 5.74) is 0.851. The molecule has 1 amide bonds. The number of nitrogens with zero attached hydrogens (tertiary/aromatic N) is 2. The Balaban J connectivity index is 1.99. The van der Waals surface area contributed by atoms with Gasteiger partial charge in [-0.05, 0) is 6.07 Å². The second-order valence-electron chi connectivity index (χ2n) is 3.45. The van der Waals surface area contributed by atoms with Crippen LogP contribution in [0.2, 0.25) is 0 Å². The molecule has 0 aliphatic carbocycles. The number of hydrogen-bond acceptors (Lipinski definition) is 4. The van der Waals surface area contributed by atoms with Crippen LogP contribution in [0.3, 0.4) is 0 Å². The Bertz CT molecular complexity index is 561. The third-order valence-electron chi connectivity index (χ3n) is 2.09. The maximum Gasteiger partial charge on any atom is 0.231 e. The van der Waals surface area contributed by atoms with Crippen molar-refractivity contribution in [3.05, 3.63) is 40.4 Å². The van der Waals surface area contributed by atoms with Gasteiger partial charge >= 0.3 is 0 Å². The van der Waals surface area contributed by atoms with Gasteiger partial charge in [0, 0.05) is 11.6 Å². The van der Waals surface area contributed by atoms with E-state index in [9.17, 15) is 9.18 Å². The number of rotatable bonds is 4. The highest BCUT2D eigenvalue weighted by Crippen LogP contribution is 2.14. The number of nitrogens with one attached hydrogen (secondary N) is 1. The standard InChI is InChI=1S/C11H9ClFN3OS/c12-4-7-6-18-11(15-7)3-10(17)16-9-1-2-14-5-8(9)13/h1-2,5-6H,3-4H2,(H,14,16,17). The van der Waals surface area contributed by atoms with Crippen molar-refractivity contribution in [3.63, 3.8) is 0 Å². The number of aromatic nitrogens is 2. The van der Waals surface area contributed by atoms with E-state index in [-0.39, 0.29) is 18.0 Å². The summed E-state index contributed by atoms with van der Waals surface area (Å²) in [6.45, 7) is 0. The quantitative estimate of drug-likeness (QED) is 0.879. The molecule has 7 heteroatoms. The Labute approximate surface area is 112 Å². The largest absolute Gasteiger partial charge is 0.323 e. The van der Waals surface area contributed by atoms with Gasteiger partial charge in [-0.3, -0.25) is 9.78 Å². The van der Waals surface area contributed by atoms with Gasteiger partial charge in [-0.25, -0.2) is 9.37 Å². The van der Waals surface area contributed by atoms with Crippen LogP contribution in [0, 0.1) is 5.82 Å². The maximum absolute atomic E-state index is 13.2. The summed E-state index contributed by atoms with van der Waals surface area (Å²) in [6, 6.07) is 1.40. The number of thiazole rings is 1. The summed E-state index contributed by atoms with van der Waals surface area (Å²) in [5, 5.41) is 4.91. The topological polar surface area (TPSA) is 54.9 Å². The van der Waals surface area contributed by atoms with Crippen molar-refractivity contribution in [3.8, 4) is 0 Å². The van der Waals surface area contributed by atoms with E-state index in [0.29, 0.717) is 10.9 Å². The highest BCUT2D eigenvalue weighted by Gasteiger charge is 2.10. The molecule has 0 saturated carbocycles. The zero-order valence-electron chi connectivity index (χ0n) is 9.19. The molecule has 0 unspecified atom stereocenters. The molecule has 0 aromatic carbocycles. The zero-order valence-corrected chi connectivity index (χ0v) is 10.8. The van der Waals surface area contributed by atoms with Gasteiger partial charge in [-0.2, -0.15) is 0 Å². The monoisotopic (exact) mass is 285 g/mol. The number of anilines is 1. The lowest BCUT2D eigenvalue weighted by atomic mass is 10.3. The first-order chi connectivity index (χ1) is 8.69. The molecule has 18 heavy (non-hydrogen) atoms. The number of carbonyl (C=O) groups is 1. The third-order valence-corrected chi connectivity index (χ3v) is 3.27. The van der Waals surface area contributed by atoms with Gasteiger partial charge in [0.1, 0.15) is 5.01 Å². The second kappa shape index (κ2) is 5.88. The van der Waals surface area contributed by atoms with Gasteiger partial charge in [0.15, 0.2) is 5.82 Å². The molecule has 0 radical (unpaired) electrons. The van der Waals surface area contributed by atoms with Gasteiger partial charge in [0.05, 0.1) is 29.9 Å². The van der Waals surface area contributed by atoms with E-state index in [2.05, 4.69) is 15.3 Å². The summed E-state index contributed by atoms with van der Waals surface area (Å²) in [5.74, 6) is -0.570. The minimum atomic E-state index is -0.563. The van der Waals surface area contributed by atoms with Crippen LogP contribution in [0.1, 0.15) is 10.7 Å². The molecule has 0 aliphatic heterocycles. The molecule has 2 heterocycles. The van der Waals surface area contributed by atoms with Gasteiger partial charge < -0.3 is 5.32 Å². The molecule has 0 aliphatic rings. The Hall–Kier alpha value is -1.53. The molecule has 4 nitrogen and oxygen atoms in total. The van der Waals surface area contributed by atoms with Crippen molar-refractivity contribution in [2.45, 2.75) is 12.3 Å². The zero-order chi connectivity index (χ0) is 13.0. The smallest absolute Gasteiger partial charge is 0.231 e. The van der Waals surface area contributed by atoms with E-state index in [1.807, 2.05) is 0 Å². The van der Waals surface area contributed by atoms with Gasteiger partial charge in [-0.15, -0.1) is 22.9 Å². The Morgan fingerprint density at radius 1 is 1.56 bits per heavy atom. The number of hydrogen-bond donors (Lipinski definition) is 1. The Kier molecular flexibility index (Phi) is 4.22. The van der Waals surface area contributed by atoms with Crippen LogP contribution in [0.15, 0.2) is 23.8 Å². The third kappa shape index (κ3) is 3.24. The first kappa shape index (κ1) is 12.9. The van der Waals surface area contributed by atoms with Gasteiger partial charge in [0.25, 0.3) is 0 Å². The molecule has 0 fully saturated rings. The van der Waals surface area contributed by atoms with E-state index >= 15 is 0 Å². The normalized spacial score (nSPS) is 10.3. The van der Waals surface area contributed by atoms with Crippen LogP contribution in [0.4, 0.5) is 10.1 Å². The minimum absolute atomic E-state index is 0.101. The van der Waals surface area contributed by atoms with Gasteiger partial charge in [0.2, 0.25) is 5.91 Å². The summed E-state index contributed by atoms with van der Waals surface area (Å²) in [4.78, 5) is 19.4. The van der Waals surface area contributed by atoms with Crippen molar-refractivity contribution >= 4 is 34.5 Å². The SMILES string of the molecule is O=C(Cc1nc(CCl)cs1)Nc1ccncc1F. The predicted octanol–water partition coefficient (Wildman–Crippen LogP) is 2.60. The van der Waals surface area contributed by atoms with Crippen LogP contribution in [-0.4, -0.2) is 15.9 Å². The molecule has 94 valence electrons. The van der Waals surface area contributed by atoms with Crippen LogP contribution in [0.5, 0.6) is 0 Å². The van der Waals surface area contributed by atoms with Crippen LogP contribution >= 0.6 is 22.9 Å². The fraction of sp³-hybridized carbons (Fsp3) is 0.182. The highest BCUT2D eigenvalue weighted by atomic mass is 35.5. The molecule has 2 aromatic heterocycles. The molecule has 1 N–H and O–H groups in total. The molecule has 0 spiro atoms. The summed E-state index contributed by atoms with van der Waals surface area (Å²) in [6.07, 6.45) is 2.56. The summed E-state index contributed by atoms with van der Waals surface area (Å²) < 4.78 is 13.2. The fourth-order valence-electron chi connectivity index (χ4n) is 1.30. The molecule has 2 rings (SSSR count). The lowest BCUT2D eigenvalue weighted by molar-refractivity contribution is -0.115. The summed E-state index contributed by atoms with van der Waals surface area (Å²) >= 11 is 6.97. The van der Waals surface area contributed by atoms with E-state index < -0.39 is 5.82 Å². The molecule has 0 atom stereocenters. The lowest BCUT2D eigenvalue weighted by Gasteiger charge is -2.04. The average molecular weight is 286 g/mol. The molecular weight excluding hydrogens is 277 g/mol. The van der Waals surface area contributed by atoms with E-state index in [4.69, 9.17) is 11.6 Å². The average Bonchev–Trinajstić information content (AvgIpc) is 2.80. The highest BCUT2D eigenvalue weighted by molar-refractivity contribution is 7.09. The van der Waals surface area contributed by atoms with E-state index in [1.165, 1.54) is 23.6 Å². The first-order valence-corrected chi connectivity index (χ1v) is 6.49. The van der Waals surface area contributed by atoms with Crippen molar-refractivity contribution in [1.82, 2.24) is 9.97 Å². The molecular formula is C11H9ClFN3OS. The maximum atomic E-state index is 13.2. The van der Waals surface area contributed by atoms with Crippen LogP contribution in [-0.2, 0) is 17.1 Å². The number of carbonyl (C=O) groups excluding carboxylic acids is 1. The van der Waals surface area contributed by atoms with Gasteiger partial charge in [-0.1, -0.05) is 0 Å². The van der Waals surface area contributed by atoms with Crippen LogP contribution in [0.25, 0.3) is 0 Å². The van der Waals surface area contributed by atoms with E-state index in [0.717, 1.165) is 11.9 Å². The molecule has 0 saturated heterocycles. The molecule has 2 aromatic rings. The second-order valence-corrected chi connectivity index (χ2v) is 4.66. The van der Waals surface area contributed by atoms with Crippen molar-refractivity contribution in [1.29, 1.82) is 0 Å². The Morgan fingerprint density at radius 3 is 3.06 bits per heavy atom. The van der Waals surface area contributed by atoms with Crippen molar-refractivity contribution < 1.29 is 9.18 Å². The number of pyridine rings is 1. The molecule has 0 bridgehead atoms. The van der Waals surface area contributed by atoms with Crippen molar-refractivity contribution in [2.24, 2.45) is 0 Å². The van der Waals surface area contributed by atoms with E-state index in [1.54, 1.807) is 5.38 Å². The lowest BCUT2D eigenvalue weighted by Crippen LogP contribution is -2.15. The number of halogens is 2. The minimum Gasteiger partial charge on any atom is -0.323 e. The number of amides is 1. The number of alkyl halides is 1. The van der Waals surface area contributed by atoms with Crippen molar-refractivity contribution in [2.75, 3.05) is 5.32 Å². The summed E-state index contributed by atoms with van der Waals surface area (Å²) in [7, 11) is 0. The predicted molar refractivity (Wildman–Crippen MR) is 68.2 cm³/mol. The van der Waals surface area contributed by atoms with Crippen LogP contribution < -0.4 is 5.32 Å². The fourth-order valence-corrected chi connectivity index (χ4v) is 2.32. The first-order valence-electron chi connectivity index (χ1n) is 5.07. The Morgan fingerprint density at radius 2 is 2.39 bits per heavy atom.